The van der Waals surface area contributed by atoms with Crippen molar-refractivity contribution in [3.63, 3.8) is 0 Å². The van der Waals surface area contributed by atoms with Crippen molar-refractivity contribution in [3.05, 3.63) is 101 Å². The molecule has 1 aliphatic rings. The van der Waals surface area contributed by atoms with E-state index in [9.17, 15) is 23.6 Å². The average Bonchev–Trinajstić information content (AvgIpc) is 2.86. The minimum Gasteiger partial charge on any atom is -0.493 e. The maximum absolute atomic E-state index is 13.9. The van der Waals surface area contributed by atoms with E-state index in [1.54, 1.807) is 30.3 Å². The highest BCUT2D eigenvalue weighted by Gasteiger charge is 2.35. The standard InChI is InChI=1S/C26H19FN2O6/c1-34-22-14-17(11-12-21(22)35-25(32)18-9-5-6-10-20(18)27)13-19-23(30)28-26(33)29(24(19)31)15-16-7-3-2-4-8-16/h2-14H,15H2,1H3,(H,28,30,33). The number of nitrogens with one attached hydrogen (secondary N) is 1. The minimum atomic E-state index is -0.913. The van der Waals surface area contributed by atoms with Gasteiger partial charge in [-0.05, 0) is 41.5 Å². The fourth-order valence-corrected chi connectivity index (χ4v) is 3.41. The van der Waals surface area contributed by atoms with Gasteiger partial charge in [0.25, 0.3) is 11.8 Å². The number of esters is 1. The maximum Gasteiger partial charge on any atom is 0.346 e. The van der Waals surface area contributed by atoms with Gasteiger partial charge in [0.05, 0.1) is 19.2 Å². The van der Waals surface area contributed by atoms with Gasteiger partial charge in [0, 0.05) is 0 Å². The zero-order chi connectivity index (χ0) is 24.9. The number of halogens is 1. The van der Waals surface area contributed by atoms with E-state index >= 15 is 0 Å². The lowest BCUT2D eigenvalue weighted by Gasteiger charge is -2.26. The maximum atomic E-state index is 13.9. The smallest absolute Gasteiger partial charge is 0.346 e. The Labute approximate surface area is 199 Å². The summed E-state index contributed by atoms with van der Waals surface area (Å²) < 4.78 is 24.4. The summed E-state index contributed by atoms with van der Waals surface area (Å²) in [4.78, 5) is 50.9. The van der Waals surface area contributed by atoms with Crippen LogP contribution in [0, 0.1) is 5.82 Å². The van der Waals surface area contributed by atoms with E-state index in [2.05, 4.69) is 5.32 Å². The van der Waals surface area contributed by atoms with Gasteiger partial charge >= 0.3 is 12.0 Å². The molecule has 8 nitrogen and oxygen atoms in total. The van der Waals surface area contributed by atoms with Crippen molar-refractivity contribution in [2.75, 3.05) is 7.11 Å². The third kappa shape index (κ3) is 5.09. The largest absolute Gasteiger partial charge is 0.493 e. The van der Waals surface area contributed by atoms with E-state index in [1.165, 1.54) is 49.6 Å². The molecule has 3 aromatic carbocycles. The van der Waals surface area contributed by atoms with E-state index in [1.807, 2.05) is 0 Å². The van der Waals surface area contributed by atoms with Crippen LogP contribution in [0.2, 0.25) is 0 Å². The summed E-state index contributed by atoms with van der Waals surface area (Å²) in [5, 5.41) is 2.16. The first-order valence-electron chi connectivity index (χ1n) is 10.4. The monoisotopic (exact) mass is 474 g/mol. The molecule has 0 radical (unpaired) electrons. The molecule has 0 spiro atoms. The third-order valence-corrected chi connectivity index (χ3v) is 5.16. The quantitative estimate of drug-likeness (QED) is 0.253. The third-order valence-electron chi connectivity index (χ3n) is 5.16. The van der Waals surface area contributed by atoms with Gasteiger partial charge in [0.2, 0.25) is 0 Å². The molecule has 0 aliphatic carbocycles. The summed E-state index contributed by atoms with van der Waals surface area (Å²) in [7, 11) is 1.34. The number of carbonyl (C=O) groups excluding carboxylic acids is 4. The van der Waals surface area contributed by atoms with Crippen LogP contribution < -0.4 is 14.8 Å². The number of rotatable bonds is 6. The molecular weight excluding hydrogens is 455 g/mol. The highest BCUT2D eigenvalue weighted by atomic mass is 19.1. The van der Waals surface area contributed by atoms with Crippen LogP contribution in [0.25, 0.3) is 6.08 Å². The van der Waals surface area contributed by atoms with E-state index in [-0.39, 0.29) is 29.2 Å². The van der Waals surface area contributed by atoms with Crippen molar-refractivity contribution in [2.45, 2.75) is 6.54 Å². The Morgan fingerprint density at radius 2 is 1.69 bits per heavy atom. The summed E-state index contributed by atoms with van der Waals surface area (Å²) >= 11 is 0. The highest BCUT2D eigenvalue weighted by molar-refractivity contribution is 6.31. The first-order valence-corrected chi connectivity index (χ1v) is 10.4. The number of barbiturate groups is 1. The number of methoxy groups -OCH3 is 1. The van der Waals surface area contributed by atoms with E-state index in [4.69, 9.17) is 9.47 Å². The van der Waals surface area contributed by atoms with Crippen LogP contribution in [-0.2, 0) is 16.1 Å². The first-order chi connectivity index (χ1) is 16.9. The number of ether oxygens (including phenoxy) is 2. The number of benzene rings is 3. The molecule has 0 atom stereocenters. The second-order valence-electron chi connectivity index (χ2n) is 7.47. The number of hydrogen-bond donors (Lipinski definition) is 1. The predicted molar refractivity (Wildman–Crippen MR) is 123 cm³/mol. The van der Waals surface area contributed by atoms with Gasteiger partial charge in [0.15, 0.2) is 11.5 Å². The Bertz CT molecular complexity index is 1350. The topological polar surface area (TPSA) is 102 Å². The van der Waals surface area contributed by atoms with Gasteiger partial charge in [-0.3, -0.25) is 19.8 Å². The van der Waals surface area contributed by atoms with Crippen molar-refractivity contribution in [3.8, 4) is 11.5 Å². The zero-order valence-corrected chi connectivity index (χ0v) is 18.5. The molecule has 0 unspecified atom stereocenters. The Hall–Kier alpha value is -4.79. The van der Waals surface area contributed by atoms with E-state index in [0.717, 1.165) is 11.0 Å². The molecule has 1 saturated heterocycles. The van der Waals surface area contributed by atoms with Crippen LogP contribution in [0.3, 0.4) is 0 Å². The molecule has 4 amide bonds. The van der Waals surface area contributed by atoms with Crippen LogP contribution in [0.1, 0.15) is 21.5 Å². The van der Waals surface area contributed by atoms with Crippen molar-refractivity contribution in [1.82, 2.24) is 10.2 Å². The molecule has 3 aromatic rings. The molecule has 1 aliphatic heterocycles. The number of amides is 4. The summed E-state index contributed by atoms with van der Waals surface area (Å²) in [5.74, 6) is -3.10. The van der Waals surface area contributed by atoms with Crippen molar-refractivity contribution in [2.24, 2.45) is 0 Å². The molecule has 4 rings (SSSR count). The van der Waals surface area contributed by atoms with Gasteiger partial charge in [-0.1, -0.05) is 48.5 Å². The number of nitrogens with zero attached hydrogens (tertiary/aromatic N) is 1. The number of imide groups is 2. The number of urea groups is 1. The number of carbonyl (C=O) groups is 4. The molecule has 1 N–H and O–H groups in total. The van der Waals surface area contributed by atoms with Gasteiger partial charge in [-0.25, -0.2) is 14.0 Å². The van der Waals surface area contributed by atoms with Crippen LogP contribution in [0.5, 0.6) is 11.5 Å². The second kappa shape index (κ2) is 10.0. The first kappa shape index (κ1) is 23.4. The number of hydrogen-bond acceptors (Lipinski definition) is 6. The molecule has 176 valence electrons. The second-order valence-corrected chi connectivity index (χ2v) is 7.47. The SMILES string of the molecule is COc1cc(C=C2C(=O)NC(=O)N(Cc3ccccc3)C2=O)ccc1OC(=O)c1ccccc1F. The fourth-order valence-electron chi connectivity index (χ4n) is 3.41. The lowest BCUT2D eigenvalue weighted by molar-refractivity contribution is -0.130. The summed E-state index contributed by atoms with van der Waals surface area (Å²) in [6.45, 7) is -0.00954. The summed E-state index contributed by atoms with van der Waals surface area (Å²) in [5.41, 5.74) is 0.597. The van der Waals surface area contributed by atoms with Gasteiger partial charge in [-0.15, -0.1) is 0 Å². The van der Waals surface area contributed by atoms with Crippen LogP contribution in [0.4, 0.5) is 9.18 Å². The molecule has 35 heavy (non-hydrogen) atoms. The molecule has 0 aromatic heterocycles. The molecular formula is C26H19FN2O6. The average molecular weight is 474 g/mol. The van der Waals surface area contributed by atoms with E-state index in [0.29, 0.717) is 11.1 Å². The van der Waals surface area contributed by atoms with Crippen molar-refractivity contribution >= 4 is 29.9 Å². The molecule has 1 heterocycles. The Morgan fingerprint density at radius 1 is 0.971 bits per heavy atom. The molecule has 1 fully saturated rings. The van der Waals surface area contributed by atoms with Gasteiger partial charge < -0.3 is 9.47 Å². The van der Waals surface area contributed by atoms with Crippen molar-refractivity contribution < 1.29 is 33.0 Å². The molecule has 0 saturated carbocycles. The van der Waals surface area contributed by atoms with E-state index < -0.39 is 29.6 Å². The molecule has 9 heteroatoms. The van der Waals surface area contributed by atoms with Crippen LogP contribution in [0.15, 0.2) is 78.4 Å². The summed E-state index contributed by atoms with van der Waals surface area (Å²) in [6.07, 6.45) is 1.30. The van der Waals surface area contributed by atoms with Gasteiger partial charge in [0.1, 0.15) is 11.4 Å². The van der Waals surface area contributed by atoms with Crippen LogP contribution >= 0.6 is 0 Å². The van der Waals surface area contributed by atoms with Crippen LogP contribution in [-0.4, -0.2) is 35.8 Å². The normalized spacial score (nSPS) is 14.6. The lowest BCUT2D eigenvalue weighted by Crippen LogP contribution is -2.53. The summed E-state index contributed by atoms with van der Waals surface area (Å²) in [6, 6.07) is 17.8. The highest BCUT2D eigenvalue weighted by Crippen LogP contribution is 2.30. The van der Waals surface area contributed by atoms with Crippen molar-refractivity contribution in [1.29, 1.82) is 0 Å². The Morgan fingerprint density at radius 3 is 2.40 bits per heavy atom. The molecule has 0 bridgehead atoms. The minimum absolute atomic E-state index is 0.00954. The lowest BCUT2D eigenvalue weighted by atomic mass is 10.1. The Kier molecular flexibility index (Phi) is 6.68. The zero-order valence-electron chi connectivity index (χ0n) is 18.5. The Balaban J connectivity index is 1.58. The fraction of sp³-hybridized carbons (Fsp3) is 0.0769. The van der Waals surface area contributed by atoms with Gasteiger partial charge in [-0.2, -0.15) is 0 Å². The predicted octanol–water partition coefficient (Wildman–Crippen LogP) is 3.72.